The molecule has 110 valence electrons. The average molecular weight is 281 g/mol. The molecule has 2 heteroatoms. The Balaban J connectivity index is 1.73. The second-order valence-electron chi connectivity index (χ2n) is 5.96. The summed E-state index contributed by atoms with van der Waals surface area (Å²) in [6.45, 7) is 2.30. The fraction of sp³-hybridized carbons (Fsp3) is 0.368. The molecule has 2 N–H and O–H groups in total. The quantitative estimate of drug-likeness (QED) is 0.879. The Hall–Kier alpha value is -1.80. The van der Waals surface area contributed by atoms with Crippen LogP contribution in [0.15, 0.2) is 42.5 Å². The van der Waals surface area contributed by atoms with Crippen molar-refractivity contribution in [3.8, 4) is 0 Å². The lowest BCUT2D eigenvalue weighted by Crippen LogP contribution is -2.09. The van der Waals surface area contributed by atoms with Gasteiger partial charge in [-0.2, -0.15) is 0 Å². The molecule has 2 aromatic carbocycles. The molecule has 0 saturated carbocycles. The summed E-state index contributed by atoms with van der Waals surface area (Å²) in [5.74, 6) is 0. The van der Waals surface area contributed by atoms with Gasteiger partial charge in [0, 0.05) is 11.7 Å². The van der Waals surface area contributed by atoms with Crippen LogP contribution in [0.2, 0.25) is 0 Å². The second kappa shape index (κ2) is 6.31. The number of nitrogens with one attached hydrogen (secondary N) is 1. The first-order chi connectivity index (χ1) is 10.3. The monoisotopic (exact) mass is 281 g/mol. The molecule has 1 unspecified atom stereocenters. The van der Waals surface area contributed by atoms with Crippen LogP contribution in [0, 0.1) is 0 Å². The maximum Gasteiger partial charge on any atom is 0.0681 e. The van der Waals surface area contributed by atoms with Gasteiger partial charge in [-0.15, -0.1) is 0 Å². The molecule has 1 aliphatic carbocycles. The molecule has 0 bridgehead atoms. The van der Waals surface area contributed by atoms with E-state index in [1.54, 1.807) is 0 Å². The fourth-order valence-corrected chi connectivity index (χ4v) is 3.06. The van der Waals surface area contributed by atoms with Crippen LogP contribution >= 0.6 is 0 Å². The Morgan fingerprint density at radius 1 is 1.00 bits per heavy atom. The summed E-state index contributed by atoms with van der Waals surface area (Å²) in [6.07, 6.45) is 5.11. The summed E-state index contributed by atoms with van der Waals surface area (Å²) >= 11 is 0. The molecule has 0 spiro atoms. The Bertz CT molecular complexity index is 603. The molecular weight excluding hydrogens is 258 g/mol. The van der Waals surface area contributed by atoms with Crippen molar-refractivity contribution in [3.05, 3.63) is 64.7 Å². The molecular formula is C19H23NO. The largest absolute Gasteiger partial charge is 0.392 e. The Labute approximate surface area is 126 Å². The molecule has 0 aromatic heterocycles. The third kappa shape index (κ3) is 3.27. The summed E-state index contributed by atoms with van der Waals surface area (Å²) in [4.78, 5) is 0. The van der Waals surface area contributed by atoms with E-state index >= 15 is 0 Å². The average Bonchev–Trinajstić information content (AvgIpc) is 2.55. The van der Waals surface area contributed by atoms with E-state index in [2.05, 4.69) is 30.4 Å². The van der Waals surface area contributed by atoms with Gasteiger partial charge in [-0.05, 0) is 67.0 Å². The minimum Gasteiger partial charge on any atom is -0.392 e. The minimum absolute atomic E-state index is 0.0979. The number of aliphatic hydroxyl groups excluding tert-OH is 1. The highest BCUT2D eigenvalue weighted by Gasteiger charge is 2.12. The molecule has 0 radical (unpaired) electrons. The molecule has 3 rings (SSSR count). The van der Waals surface area contributed by atoms with E-state index < -0.39 is 0 Å². The van der Waals surface area contributed by atoms with Gasteiger partial charge in [-0.3, -0.25) is 0 Å². The molecule has 0 heterocycles. The lowest BCUT2D eigenvalue weighted by atomic mass is 9.89. The van der Waals surface area contributed by atoms with Crippen LogP contribution in [0.5, 0.6) is 0 Å². The standard InChI is InChI=1S/C19H23NO/c1-14(20-19-10-6-15(13-21)7-11-19)17-9-8-16-4-2-3-5-18(16)12-17/h6-12,14,20-21H,2-5,13H2,1H3. The van der Waals surface area contributed by atoms with Crippen molar-refractivity contribution >= 4 is 5.69 Å². The first-order valence-electron chi connectivity index (χ1n) is 7.84. The summed E-state index contributed by atoms with van der Waals surface area (Å²) in [6, 6.07) is 15.2. The molecule has 0 saturated heterocycles. The van der Waals surface area contributed by atoms with E-state index in [0.717, 1.165) is 11.3 Å². The highest BCUT2D eigenvalue weighted by atomic mass is 16.3. The van der Waals surface area contributed by atoms with Gasteiger partial charge in [0.1, 0.15) is 0 Å². The smallest absolute Gasteiger partial charge is 0.0681 e. The van der Waals surface area contributed by atoms with Crippen LogP contribution in [0.3, 0.4) is 0 Å². The van der Waals surface area contributed by atoms with Crippen LogP contribution in [0.4, 0.5) is 5.69 Å². The first kappa shape index (κ1) is 14.2. The van der Waals surface area contributed by atoms with Crippen LogP contribution in [0.25, 0.3) is 0 Å². The highest BCUT2D eigenvalue weighted by molar-refractivity contribution is 5.47. The molecule has 2 nitrogen and oxygen atoms in total. The van der Waals surface area contributed by atoms with E-state index in [1.165, 1.54) is 42.4 Å². The van der Waals surface area contributed by atoms with Crippen molar-refractivity contribution in [3.63, 3.8) is 0 Å². The predicted molar refractivity (Wildman–Crippen MR) is 87.5 cm³/mol. The Morgan fingerprint density at radius 2 is 1.71 bits per heavy atom. The van der Waals surface area contributed by atoms with Gasteiger partial charge in [0.25, 0.3) is 0 Å². The van der Waals surface area contributed by atoms with Gasteiger partial charge in [0.15, 0.2) is 0 Å². The van der Waals surface area contributed by atoms with Crippen LogP contribution in [0.1, 0.15) is 48.1 Å². The molecule has 1 aliphatic rings. The molecule has 0 amide bonds. The van der Waals surface area contributed by atoms with Crippen molar-refractivity contribution < 1.29 is 5.11 Å². The molecule has 0 aliphatic heterocycles. The summed E-state index contributed by atoms with van der Waals surface area (Å²) in [5.41, 5.74) is 6.45. The molecule has 0 fully saturated rings. The van der Waals surface area contributed by atoms with Crippen molar-refractivity contribution in [1.29, 1.82) is 0 Å². The second-order valence-corrected chi connectivity index (χ2v) is 5.96. The third-order valence-corrected chi connectivity index (χ3v) is 4.39. The van der Waals surface area contributed by atoms with Gasteiger partial charge in [-0.25, -0.2) is 0 Å². The normalized spacial score (nSPS) is 15.3. The zero-order chi connectivity index (χ0) is 14.7. The van der Waals surface area contributed by atoms with Gasteiger partial charge < -0.3 is 10.4 Å². The van der Waals surface area contributed by atoms with E-state index in [1.807, 2.05) is 24.3 Å². The van der Waals surface area contributed by atoms with Crippen molar-refractivity contribution in [2.75, 3.05) is 5.32 Å². The van der Waals surface area contributed by atoms with Crippen LogP contribution in [-0.4, -0.2) is 5.11 Å². The fourth-order valence-electron chi connectivity index (χ4n) is 3.06. The number of aliphatic hydroxyl groups is 1. The number of rotatable bonds is 4. The number of benzene rings is 2. The van der Waals surface area contributed by atoms with Gasteiger partial charge in [0.05, 0.1) is 6.61 Å². The van der Waals surface area contributed by atoms with Crippen LogP contribution in [-0.2, 0) is 19.4 Å². The third-order valence-electron chi connectivity index (χ3n) is 4.39. The zero-order valence-corrected chi connectivity index (χ0v) is 12.6. The maximum atomic E-state index is 9.08. The maximum absolute atomic E-state index is 9.08. The summed E-state index contributed by atoms with van der Waals surface area (Å²) in [7, 11) is 0. The lowest BCUT2D eigenvalue weighted by Gasteiger charge is -2.20. The van der Waals surface area contributed by atoms with Crippen molar-refractivity contribution in [1.82, 2.24) is 0 Å². The first-order valence-corrected chi connectivity index (χ1v) is 7.84. The van der Waals surface area contributed by atoms with Crippen molar-refractivity contribution in [2.45, 2.75) is 45.3 Å². The van der Waals surface area contributed by atoms with Gasteiger partial charge in [0.2, 0.25) is 0 Å². The Kier molecular flexibility index (Phi) is 4.26. The number of fused-ring (bicyclic) bond motifs is 1. The van der Waals surface area contributed by atoms with E-state index in [4.69, 9.17) is 5.11 Å². The number of hydrogen-bond donors (Lipinski definition) is 2. The van der Waals surface area contributed by atoms with Gasteiger partial charge in [-0.1, -0.05) is 30.3 Å². The lowest BCUT2D eigenvalue weighted by molar-refractivity contribution is 0.282. The highest BCUT2D eigenvalue weighted by Crippen LogP contribution is 2.26. The number of hydrogen-bond acceptors (Lipinski definition) is 2. The Morgan fingerprint density at radius 3 is 2.43 bits per heavy atom. The van der Waals surface area contributed by atoms with Crippen LogP contribution < -0.4 is 5.32 Å². The molecule has 1 atom stereocenters. The molecule has 2 aromatic rings. The van der Waals surface area contributed by atoms with Gasteiger partial charge >= 0.3 is 0 Å². The minimum atomic E-state index is 0.0979. The SMILES string of the molecule is CC(Nc1ccc(CO)cc1)c1ccc2c(c1)CCCC2. The van der Waals surface area contributed by atoms with E-state index in [9.17, 15) is 0 Å². The molecule has 21 heavy (non-hydrogen) atoms. The topological polar surface area (TPSA) is 32.3 Å². The van der Waals surface area contributed by atoms with E-state index in [0.29, 0.717) is 0 Å². The van der Waals surface area contributed by atoms with Crippen molar-refractivity contribution in [2.24, 2.45) is 0 Å². The van der Waals surface area contributed by atoms with E-state index in [-0.39, 0.29) is 12.6 Å². The zero-order valence-electron chi connectivity index (χ0n) is 12.6. The predicted octanol–water partition coefficient (Wildman–Crippen LogP) is 4.23. The number of aryl methyl sites for hydroxylation is 2. The summed E-state index contributed by atoms with van der Waals surface area (Å²) in [5, 5.41) is 12.6. The summed E-state index contributed by atoms with van der Waals surface area (Å²) < 4.78 is 0. The number of anilines is 1.